The van der Waals surface area contributed by atoms with Crippen LogP contribution in [0, 0.1) is 19.8 Å². The highest BCUT2D eigenvalue weighted by atomic mass is 16.3. The van der Waals surface area contributed by atoms with E-state index in [0.29, 0.717) is 22.1 Å². The Morgan fingerprint density at radius 3 is 2.28 bits per heavy atom. The first-order valence-electron chi connectivity index (χ1n) is 10.0. The van der Waals surface area contributed by atoms with Gasteiger partial charge < -0.3 is 26.2 Å². The number of phenols is 2. The molecule has 6 N–H and O–H groups in total. The fourth-order valence-electron chi connectivity index (χ4n) is 5.19. The lowest BCUT2D eigenvalue weighted by Gasteiger charge is -2.47. The van der Waals surface area contributed by atoms with E-state index in [1.807, 2.05) is 0 Å². The van der Waals surface area contributed by atoms with Crippen molar-refractivity contribution in [2.24, 2.45) is 11.7 Å². The first kappa shape index (κ1) is 21.8. The molecule has 1 amide bonds. The Hall–Kier alpha value is -3.43. The van der Waals surface area contributed by atoms with Gasteiger partial charge >= 0.3 is 0 Å². The summed E-state index contributed by atoms with van der Waals surface area (Å²) >= 11 is 0. The maximum atomic E-state index is 13.7. The number of fused-ring (bicyclic) bond motifs is 3. The number of amides is 1. The van der Waals surface area contributed by atoms with E-state index < -0.39 is 52.1 Å². The summed E-state index contributed by atoms with van der Waals surface area (Å²) in [6.07, 6.45) is -0.0494. The quantitative estimate of drug-likeness (QED) is 0.338. The number of primary amides is 1. The molecule has 0 spiro atoms. The zero-order valence-electron chi connectivity index (χ0n) is 18.1. The SMILES string of the molecule is Cc1ccc2c(C)c3c(c(O)c2c1O)C(=O)C1(O)C(=O)C(C(N)=O)=C(O)C(N(C)C)C1C3. The molecule has 2 aliphatic rings. The maximum absolute atomic E-state index is 13.7. The van der Waals surface area contributed by atoms with Crippen molar-refractivity contribution >= 4 is 28.2 Å². The normalized spacial score (nSPS) is 25.3. The largest absolute Gasteiger partial charge is 0.510 e. The van der Waals surface area contributed by atoms with Crippen LogP contribution in [0.2, 0.25) is 0 Å². The number of hydrogen-bond donors (Lipinski definition) is 5. The van der Waals surface area contributed by atoms with Crippen molar-refractivity contribution in [1.82, 2.24) is 4.90 Å². The lowest BCUT2D eigenvalue weighted by molar-refractivity contribution is -0.140. The van der Waals surface area contributed by atoms with Gasteiger partial charge in [-0.2, -0.15) is 0 Å². The number of phenolic OH excluding ortho intramolecular Hbond substituents is 2. The Morgan fingerprint density at radius 1 is 1.09 bits per heavy atom. The van der Waals surface area contributed by atoms with E-state index in [2.05, 4.69) is 0 Å². The summed E-state index contributed by atoms with van der Waals surface area (Å²) in [4.78, 5) is 40.3. The number of aliphatic hydroxyl groups excluding tert-OH is 1. The van der Waals surface area contributed by atoms with E-state index in [1.165, 1.54) is 4.90 Å². The molecular weight excluding hydrogens is 416 g/mol. The predicted octanol–water partition coefficient (Wildman–Crippen LogP) is 0.764. The molecule has 9 nitrogen and oxygen atoms in total. The summed E-state index contributed by atoms with van der Waals surface area (Å²) < 4.78 is 0. The highest BCUT2D eigenvalue weighted by Gasteiger charge is 2.63. The van der Waals surface area contributed by atoms with Gasteiger partial charge in [-0.05, 0) is 56.4 Å². The lowest BCUT2D eigenvalue weighted by Crippen LogP contribution is -2.66. The van der Waals surface area contributed by atoms with Crippen LogP contribution in [0.25, 0.3) is 10.8 Å². The average Bonchev–Trinajstić information content (AvgIpc) is 2.70. The molecule has 0 aliphatic heterocycles. The number of Topliss-reactive ketones (excluding diaryl/α,β-unsaturated/α-hetero) is 2. The van der Waals surface area contributed by atoms with Crippen molar-refractivity contribution in [3.63, 3.8) is 0 Å². The molecule has 9 heteroatoms. The summed E-state index contributed by atoms with van der Waals surface area (Å²) in [5.74, 6) is -6.17. The molecule has 168 valence electrons. The summed E-state index contributed by atoms with van der Waals surface area (Å²) in [6, 6.07) is 2.34. The van der Waals surface area contributed by atoms with Gasteiger partial charge in [-0.15, -0.1) is 0 Å². The van der Waals surface area contributed by atoms with Gasteiger partial charge in [0.15, 0.2) is 5.60 Å². The summed E-state index contributed by atoms with van der Waals surface area (Å²) in [5, 5.41) is 44.3. The van der Waals surface area contributed by atoms with Gasteiger partial charge in [-0.1, -0.05) is 12.1 Å². The number of nitrogens with two attached hydrogens (primary N) is 1. The smallest absolute Gasteiger partial charge is 0.255 e. The summed E-state index contributed by atoms with van der Waals surface area (Å²) in [5.41, 5.74) is 2.90. The monoisotopic (exact) mass is 440 g/mol. The van der Waals surface area contributed by atoms with Gasteiger partial charge in [0, 0.05) is 5.92 Å². The maximum Gasteiger partial charge on any atom is 0.255 e. The number of aryl methyl sites for hydroxylation is 2. The molecule has 3 atom stereocenters. The minimum absolute atomic E-state index is 0.0394. The van der Waals surface area contributed by atoms with Crippen LogP contribution in [0.4, 0.5) is 0 Å². The topological polar surface area (TPSA) is 161 Å². The molecule has 0 heterocycles. The number of carbonyl (C=O) groups excluding carboxylic acids is 3. The third kappa shape index (κ3) is 2.49. The molecule has 0 radical (unpaired) electrons. The van der Waals surface area contributed by atoms with Gasteiger partial charge in [0.25, 0.3) is 5.91 Å². The van der Waals surface area contributed by atoms with Crippen molar-refractivity contribution in [2.45, 2.75) is 31.9 Å². The molecule has 0 bridgehead atoms. The minimum atomic E-state index is -2.73. The Labute approximate surface area is 183 Å². The molecule has 2 aromatic carbocycles. The summed E-state index contributed by atoms with van der Waals surface area (Å²) in [7, 11) is 3.14. The average molecular weight is 440 g/mol. The van der Waals surface area contributed by atoms with Crippen LogP contribution in [0.5, 0.6) is 11.5 Å². The highest BCUT2D eigenvalue weighted by Crippen LogP contribution is 2.50. The minimum Gasteiger partial charge on any atom is -0.510 e. The number of aromatic hydroxyl groups is 2. The number of ketones is 2. The van der Waals surface area contributed by atoms with Gasteiger partial charge in [0.2, 0.25) is 11.6 Å². The fraction of sp³-hybridized carbons (Fsp3) is 0.348. The van der Waals surface area contributed by atoms with Crippen LogP contribution in [-0.4, -0.2) is 68.5 Å². The fourth-order valence-corrected chi connectivity index (χ4v) is 5.19. The number of benzene rings is 2. The van der Waals surface area contributed by atoms with Gasteiger partial charge in [0.1, 0.15) is 22.8 Å². The molecule has 4 rings (SSSR count). The second-order valence-electron chi connectivity index (χ2n) is 8.75. The number of rotatable bonds is 2. The molecular formula is C23H24N2O7. The standard InChI is InChI=1S/C23H24N2O7/c1-8-5-6-10-9(2)11-7-12-16(25(3)4)19(28)15(22(24)31)21(30)23(12,32)20(29)14(11)18(27)13(10)17(8)26/h5-6,12,16,26-28,32H,7H2,1-4H3,(H2,24,31). The Bertz CT molecular complexity index is 1280. The van der Waals surface area contributed by atoms with Gasteiger partial charge in [-0.3, -0.25) is 19.3 Å². The molecule has 0 saturated carbocycles. The van der Waals surface area contributed by atoms with Crippen LogP contribution >= 0.6 is 0 Å². The first-order valence-corrected chi connectivity index (χ1v) is 10.0. The first-order chi connectivity index (χ1) is 14.8. The van der Waals surface area contributed by atoms with Crippen LogP contribution < -0.4 is 5.73 Å². The Morgan fingerprint density at radius 2 is 1.72 bits per heavy atom. The number of aliphatic hydroxyl groups is 2. The van der Waals surface area contributed by atoms with E-state index in [-0.39, 0.29) is 23.1 Å². The lowest BCUT2D eigenvalue weighted by atomic mass is 9.60. The molecule has 3 unspecified atom stereocenters. The molecule has 0 fully saturated rings. The second kappa shape index (κ2) is 6.78. The molecule has 32 heavy (non-hydrogen) atoms. The number of nitrogens with zero attached hydrogens (tertiary/aromatic N) is 1. The van der Waals surface area contributed by atoms with Gasteiger partial charge in [0.05, 0.1) is 17.0 Å². The molecule has 2 aromatic rings. The zero-order valence-corrected chi connectivity index (χ0v) is 18.1. The molecule has 0 saturated heterocycles. The number of carbonyl (C=O) groups is 3. The van der Waals surface area contributed by atoms with Crippen molar-refractivity contribution in [1.29, 1.82) is 0 Å². The summed E-state index contributed by atoms with van der Waals surface area (Å²) in [6.45, 7) is 3.35. The van der Waals surface area contributed by atoms with Crippen LogP contribution in [0.3, 0.4) is 0 Å². The Kier molecular flexibility index (Phi) is 4.62. The third-order valence-electron chi connectivity index (χ3n) is 6.84. The highest BCUT2D eigenvalue weighted by molar-refractivity contribution is 6.33. The third-order valence-corrected chi connectivity index (χ3v) is 6.84. The van der Waals surface area contributed by atoms with Crippen molar-refractivity contribution in [2.75, 3.05) is 14.1 Å². The van der Waals surface area contributed by atoms with E-state index in [0.717, 1.165) is 0 Å². The number of likely N-dealkylation sites (N-methyl/N-ethyl adjacent to an activating group) is 1. The van der Waals surface area contributed by atoms with Crippen molar-refractivity contribution in [3.8, 4) is 11.5 Å². The molecule has 0 aromatic heterocycles. The van der Waals surface area contributed by atoms with Gasteiger partial charge in [-0.25, -0.2) is 0 Å². The van der Waals surface area contributed by atoms with Crippen LogP contribution in [0.15, 0.2) is 23.5 Å². The van der Waals surface area contributed by atoms with Crippen LogP contribution in [-0.2, 0) is 16.0 Å². The van der Waals surface area contributed by atoms with Crippen molar-refractivity contribution < 1.29 is 34.8 Å². The number of hydrogen-bond acceptors (Lipinski definition) is 8. The van der Waals surface area contributed by atoms with E-state index in [9.17, 15) is 34.8 Å². The van der Waals surface area contributed by atoms with E-state index in [4.69, 9.17) is 5.73 Å². The molecule has 2 aliphatic carbocycles. The Balaban J connectivity index is 2.09. The van der Waals surface area contributed by atoms with E-state index in [1.54, 1.807) is 40.1 Å². The van der Waals surface area contributed by atoms with E-state index >= 15 is 0 Å². The van der Waals surface area contributed by atoms with Crippen LogP contribution in [0.1, 0.15) is 27.0 Å². The zero-order chi connectivity index (χ0) is 23.9. The second-order valence-corrected chi connectivity index (χ2v) is 8.75. The predicted molar refractivity (Wildman–Crippen MR) is 115 cm³/mol. The van der Waals surface area contributed by atoms with Crippen molar-refractivity contribution in [3.05, 3.63) is 45.7 Å².